The van der Waals surface area contributed by atoms with Crippen LogP contribution in [0.4, 0.5) is 0 Å². The number of pyridine rings is 1. The van der Waals surface area contributed by atoms with E-state index in [4.69, 9.17) is 0 Å². The number of benzene rings is 2. The molecule has 0 unspecified atom stereocenters. The summed E-state index contributed by atoms with van der Waals surface area (Å²) in [6, 6.07) is 23.7. The summed E-state index contributed by atoms with van der Waals surface area (Å²) in [6.07, 6.45) is 1.81. The van der Waals surface area contributed by atoms with E-state index < -0.39 is 0 Å². The maximum Gasteiger partial charge on any atom is 0.250 e. The van der Waals surface area contributed by atoms with Crippen LogP contribution in [-0.2, 0) is 19.6 Å². The number of hydrogen-bond acceptors (Lipinski definition) is 2. The molecule has 0 bridgehead atoms. The molecule has 0 saturated heterocycles. The Morgan fingerprint density at radius 3 is 2.24 bits per heavy atom. The average Bonchev–Trinajstić information content (AvgIpc) is 2.73. The summed E-state index contributed by atoms with van der Waals surface area (Å²) < 4.78 is 1.70. The summed E-state index contributed by atoms with van der Waals surface area (Å²) in [5.74, 6) is 0.797. The molecule has 2 N–H and O–H groups in total. The van der Waals surface area contributed by atoms with Gasteiger partial charge in [0.1, 0.15) is 0 Å². The third-order valence-corrected chi connectivity index (χ3v) is 4.34. The first-order chi connectivity index (χ1) is 13.7. The molecule has 0 fully saturated rings. The fraction of sp³-hybridized carbons (Fsp3) is 0.217. The molecule has 0 saturated carbocycles. The fourth-order valence-corrected chi connectivity index (χ4v) is 2.83. The Morgan fingerprint density at radius 2 is 1.55 bits per heavy atom. The molecule has 0 spiro atoms. The highest BCUT2D eigenvalue weighted by Crippen LogP contribution is 2.06. The van der Waals surface area contributed by atoms with Gasteiger partial charge in [0.25, 0.3) is 5.56 Å². The van der Waals surface area contributed by atoms with Crippen molar-refractivity contribution >= 4 is 29.9 Å². The second-order valence-corrected chi connectivity index (χ2v) is 6.52. The first-order valence-corrected chi connectivity index (χ1v) is 9.54. The van der Waals surface area contributed by atoms with Gasteiger partial charge in [0.15, 0.2) is 5.96 Å². The summed E-state index contributed by atoms with van der Waals surface area (Å²) in [5, 5.41) is 6.64. The fourth-order valence-electron chi connectivity index (χ4n) is 2.83. The van der Waals surface area contributed by atoms with E-state index in [0.717, 1.165) is 23.6 Å². The van der Waals surface area contributed by atoms with Crippen molar-refractivity contribution in [1.29, 1.82) is 0 Å². The van der Waals surface area contributed by atoms with E-state index in [2.05, 4.69) is 58.9 Å². The number of halogens is 1. The zero-order chi connectivity index (χ0) is 19.6. The topological polar surface area (TPSA) is 58.4 Å². The van der Waals surface area contributed by atoms with Gasteiger partial charge in [0.2, 0.25) is 0 Å². The van der Waals surface area contributed by atoms with Gasteiger partial charge < -0.3 is 15.2 Å². The van der Waals surface area contributed by atoms with Crippen molar-refractivity contribution in [2.75, 3.05) is 6.54 Å². The molecule has 0 atom stereocenters. The second kappa shape index (κ2) is 12.1. The first kappa shape index (κ1) is 22.7. The molecule has 5 nitrogen and oxygen atoms in total. The Labute approximate surface area is 188 Å². The average molecular weight is 502 g/mol. The van der Waals surface area contributed by atoms with Gasteiger partial charge in [-0.2, -0.15) is 0 Å². The largest absolute Gasteiger partial charge is 0.357 e. The van der Waals surface area contributed by atoms with Crippen LogP contribution in [-0.4, -0.2) is 17.1 Å². The molecule has 1 heterocycles. The van der Waals surface area contributed by atoms with Crippen LogP contribution >= 0.6 is 24.0 Å². The number of hydrogen-bond donors (Lipinski definition) is 2. The lowest BCUT2D eigenvalue weighted by Gasteiger charge is -2.12. The van der Waals surface area contributed by atoms with E-state index in [9.17, 15) is 4.79 Å². The Bertz CT molecular complexity index is 952. The third-order valence-electron chi connectivity index (χ3n) is 4.34. The van der Waals surface area contributed by atoms with Gasteiger partial charge in [0, 0.05) is 25.4 Å². The number of aromatic nitrogens is 1. The van der Waals surface area contributed by atoms with E-state index in [1.54, 1.807) is 16.7 Å². The zero-order valence-corrected chi connectivity index (χ0v) is 18.9. The van der Waals surface area contributed by atoms with E-state index in [-0.39, 0.29) is 29.5 Å². The Balaban J connectivity index is 0.00000300. The molecule has 29 heavy (non-hydrogen) atoms. The normalized spacial score (nSPS) is 10.9. The van der Waals surface area contributed by atoms with Crippen LogP contribution in [0.3, 0.4) is 0 Å². The van der Waals surface area contributed by atoms with Crippen molar-refractivity contribution in [1.82, 2.24) is 15.2 Å². The van der Waals surface area contributed by atoms with Crippen LogP contribution in [0.2, 0.25) is 0 Å². The molecule has 0 aliphatic rings. The molecule has 0 amide bonds. The van der Waals surface area contributed by atoms with Crippen LogP contribution in [0.1, 0.15) is 23.6 Å². The van der Waals surface area contributed by atoms with Gasteiger partial charge in [-0.3, -0.25) is 4.79 Å². The minimum absolute atomic E-state index is 0. The molecule has 2 aromatic carbocycles. The molecule has 3 rings (SSSR count). The summed E-state index contributed by atoms with van der Waals surface area (Å²) >= 11 is 0. The van der Waals surface area contributed by atoms with Crippen LogP contribution in [0.15, 0.2) is 88.8 Å². The molecule has 3 aromatic rings. The van der Waals surface area contributed by atoms with Crippen LogP contribution in [0, 0.1) is 0 Å². The van der Waals surface area contributed by atoms with Gasteiger partial charge >= 0.3 is 0 Å². The number of guanidine groups is 1. The highest BCUT2D eigenvalue weighted by Gasteiger charge is 2.01. The minimum atomic E-state index is 0. The lowest BCUT2D eigenvalue weighted by atomic mass is 10.1. The van der Waals surface area contributed by atoms with Gasteiger partial charge in [0.05, 0.1) is 13.1 Å². The second-order valence-electron chi connectivity index (χ2n) is 6.52. The van der Waals surface area contributed by atoms with Crippen LogP contribution in [0.25, 0.3) is 0 Å². The van der Waals surface area contributed by atoms with Crippen LogP contribution in [0.5, 0.6) is 0 Å². The molecule has 1 aromatic heterocycles. The van der Waals surface area contributed by atoms with Crippen molar-refractivity contribution in [3.8, 4) is 0 Å². The van der Waals surface area contributed by atoms with Gasteiger partial charge in [-0.25, -0.2) is 4.99 Å². The molecule has 0 aliphatic heterocycles. The SMILES string of the molecule is CCNC(=NCc1ccccc1)NCc1ccc(Cn2ccccc2=O)cc1.I. The quantitative estimate of drug-likeness (QED) is 0.294. The van der Waals surface area contributed by atoms with Crippen molar-refractivity contribution in [3.05, 3.63) is 106 Å². The van der Waals surface area contributed by atoms with Crippen molar-refractivity contribution in [2.45, 2.75) is 26.6 Å². The van der Waals surface area contributed by atoms with Crippen molar-refractivity contribution in [3.63, 3.8) is 0 Å². The van der Waals surface area contributed by atoms with E-state index in [0.29, 0.717) is 19.6 Å². The van der Waals surface area contributed by atoms with Gasteiger partial charge in [-0.1, -0.05) is 60.7 Å². The highest BCUT2D eigenvalue weighted by atomic mass is 127. The van der Waals surface area contributed by atoms with Crippen LogP contribution < -0.4 is 16.2 Å². The predicted molar refractivity (Wildman–Crippen MR) is 130 cm³/mol. The maximum atomic E-state index is 11.8. The summed E-state index contributed by atoms with van der Waals surface area (Å²) in [5.41, 5.74) is 3.45. The lowest BCUT2D eigenvalue weighted by Crippen LogP contribution is -2.36. The zero-order valence-electron chi connectivity index (χ0n) is 16.5. The molecular weight excluding hydrogens is 475 g/mol. The van der Waals surface area contributed by atoms with Crippen molar-refractivity contribution < 1.29 is 0 Å². The monoisotopic (exact) mass is 502 g/mol. The molecule has 0 radical (unpaired) electrons. The first-order valence-electron chi connectivity index (χ1n) is 9.54. The number of aliphatic imine (C=N–C) groups is 1. The minimum Gasteiger partial charge on any atom is -0.357 e. The number of nitrogens with zero attached hydrogens (tertiary/aromatic N) is 2. The summed E-state index contributed by atoms with van der Waals surface area (Å²) in [4.78, 5) is 16.5. The molecule has 152 valence electrons. The van der Waals surface area contributed by atoms with E-state index >= 15 is 0 Å². The molecule has 6 heteroatoms. The predicted octanol–water partition coefficient (Wildman–Crippen LogP) is 3.77. The van der Waals surface area contributed by atoms with Crippen molar-refractivity contribution in [2.24, 2.45) is 4.99 Å². The lowest BCUT2D eigenvalue weighted by molar-refractivity contribution is 0.758. The van der Waals surface area contributed by atoms with Gasteiger partial charge in [-0.15, -0.1) is 24.0 Å². The Morgan fingerprint density at radius 1 is 0.862 bits per heavy atom. The van der Waals surface area contributed by atoms with E-state index in [1.807, 2.05) is 30.5 Å². The smallest absolute Gasteiger partial charge is 0.250 e. The van der Waals surface area contributed by atoms with E-state index in [1.165, 1.54) is 5.56 Å². The van der Waals surface area contributed by atoms with Gasteiger partial charge in [-0.05, 0) is 29.7 Å². The molecular formula is C23H27IN4O. The summed E-state index contributed by atoms with van der Waals surface area (Å²) in [7, 11) is 0. The molecule has 0 aliphatic carbocycles. The number of nitrogens with one attached hydrogen (secondary N) is 2. The Kier molecular flexibility index (Phi) is 9.43. The standard InChI is InChI=1S/C23H26N4O.HI/c1-2-24-23(25-16-19-8-4-3-5-9-19)26-17-20-11-13-21(14-12-20)18-27-15-7-6-10-22(27)28;/h3-15H,2,16-18H2,1H3,(H2,24,25,26);1H. The maximum absolute atomic E-state index is 11.8. The summed E-state index contributed by atoms with van der Waals surface area (Å²) in [6.45, 7) is 4.77. The number of rotatable bonds is 7. The third kappa shape index (κ3) is 7.38. The highest BCUT2D eigenvalue weighted by molar-refractivity contribution is 14.0. The Hall–Kier alpha value is -2.61.